The van der Waals surface area contributed by atoms with Gasteiger partial charge in [0.15, 0.2) is 0 Å². The summed E-state index contributed by atoms with van der Waals surface area (Å²) >= 11 is 0. The first-order chi connectivity index (χ1) is 2.27. The van der Waals surface area contributed by atoms with Crippen LogP contribution in [0.15, 0.2) is 0 Å². The molecule has 0 fully saturated rings. The van der Waals surface area contributed by atoms with Gasteiger partial charge in [0.2, 0.25) is 0 Å². The first-order valence-corrected chi connectivity index (χ1v) is 1.51. The Labute approximate surface area is 58.8 Å². The molecular formula is C3H7FNaO. The predicted octanol–water partition coefficient (Wildman–Crippen LogP) is -0.0441. The molecule has 33 valence electrons. The Hall–Kier alpha value is 0.890. The van der Waals surface area contributed by atoms with Gasteiger partial charge in [0.25, 0.3) is 0 Å². The van der Waals surface area contributed by atoms with Gasteiger partial charge in [-0.1, -0.05) is 0 Å². The molecule has 6 heavy (non-hydrogen) atoms. The quantitative estimate of drug-likeness (QED) is 0.459. The van der Waals surface area contributed by atoms with E-state index < -0.39 is 12.8 Å². The Morgan fingerprint density at radius 2 is 2.00 bits per heavy atom. The van der Waals surface area contributed by atoms with Crippen LogP contribution in [-0.4, -0.2) is 47.4 Å². The molecule has 0 bridgehead atoms. The van der Waals surface area contributed by atoms with E-state index in [1.807, 2.05) is 0 Å². The predicted molar refractivity (Wildman–Crippen MR) is 23.4 cm³/mol. The summed E-state index contributed by atoms with van der Waals surface area (Å²) in [7, 11) is 0. The van der Waals surface area contributed by atoms with Crippen molar-refractivity contribution in [2.24, 2.45) is 0 Å². The molecule has 1 nitrogen and oxygen atoms in total. The SMILES string of the molecule is CC(O)CF.[Na]. The van der Waals surface area contributed by atoms with Gasteiger partial charge in [-0.25, -0.2) is 4.39 Å². The molecule has 0 saturated heterocycles. The zero-order chi connectivity index (χ0) is 4.28. The van der Waals surface area contributed by atoms with E-state index in [0.29, 0.717) is 0 Å². The molecule has 0 aromatic carbocycles. The first kappa shape index (κ1) is 10.00. The average Bonchev–Trinajstić information content (AvgIpc) is 1.38. The second-order valence-corrected chi connectivity index (χ2v) is 1.00. The summed E-state index contributed by atoms with van der Waals surface area (Å²) in [5.41, 5.74) is 0. The van der Waals surface area contributed by atoms with Gasteiger partial charge in [0.05, 0.1) is 6.10 Å². The van der Waals surface area contributed by atoms with E-state index in [0.717, 1.165) is 0 Å². The van der Waals surface area contributed by atoms with Crippen LogP contribution in [-0.2, 0) is 0 Å². The number of rotatable bonds is 1. The van der Waals surface area contributed by atoms with Crippen LogP contribution in [0.2, 0.25) is 0 Å². The zero-order valence-electron chi connectivity index (χ0n) is 4.11. The van der Waals surface area contributed by atoms with Gasteiger partial charge in [-0.05, 0) is 6.92 Å². The van der Waals surface area contributed by atoms with Crippen molar-refractivity contribution < 1.29 is 9.50 Å². The van der Waals surface area contributed by atoms with Gasteiger partial charge in [-0.2, -0.15) is 0 Å². The Bertz CT molecular complexity index is 24.8. The molecule has 1 atom stereocenters. The topological polar surface area (TPSA) is 20.2 Å². The molecule has 0 aliphatic carbocycles. The summed E-state index contributed by atoms with van der Waals surface area (Å²) in [5.74, 6) is 0. The summed E-state index contributed by atoms with van der Waals surface area (Å²) in [4.78, 5) is 0. The maximum absolute atomic E-state index is 10.9. The van der Waals surface area contributed by atoms with Gasteiger partial charge >= 0.3 is 0 Å². The van der Waals surface area contributed by atoms with Crippen LogP contribution in [0.4, 0.5) is 4.39 Å². The number of aliphatic hydroxyl groups is 1. The van der Waals surface area contributed by atoms with E-state index in [1.54, 1.807) is 0 Å². The van der Waals surface area contributed by atoms with Crippen molar-refractivity contribution in [3.8, 4) is 0 Å². The minimum Gasteiger partial charge on any atom is -0.391 e. The Morgan fingerprint density at radius 1 is 1.83 bits per heavy atom. The summed E-state index contributed by atoms with van der Waals surface area (Å²) in [6, 6.07) is 0. The maximum atomic E-state index is 10.9. The van der Waals surface area contributed by atoms with E-state index in [9.17, 15) is 4.39 Å². The summed E-state index contributed by atoms with van der Waals surface area (Å²) < 4.78 is 10.9. The molecule has 0 aromatic heterocycles. The van der Waals surface area contributed by atoms with E-state index in [4.69, 9.17) is 5.11 Å². The van der Waals surface area contributed by atoms with Crippen LogP contribution < -0.4 is 0 Å². The Kier molecular flexibility index (Phi) is 9.81. The van der Waals surface area contributed by atoms with Crippen molar-refractivity contribution in [2.75, 3.05) is 6.67 Å². The molecular weight excluding hydrogens is 94.0 g/mol. The van der Waals surface area contributed by atoms with Crippen molar-refractivity contribution in [1.29, 1.82) is 0 Å². The number of alkyl halides is 1. The van der Waals surface area contributed by atoms with E-state index in [1.165, 1.54) is 6.92 Å². The molecule has 3 heteroatoms. The van der Waals surface area contributed by atoms with Gasteiger partial charge in [-0.15, -0.1) is 0 Å². The van der Waals surface area contributed by atoms with Crippen LogP contribution in [0, 0.1) is 0 Å². The fourth-order valence-electron chi connectivity index (χ4n) is 0. The summed E-state index contributed by atoms with van der Waals surface area (Å²) in [6.07, 6.45) is -0.782. The third-order valence-electron chi connectivity index (χ3n) is 0.223. The maximum Gasteiger partial charge on any atom is 0.115 e. The molecule has 0 rings (SSSR count). The second-order valence-electron chi connectivity index (χ2n) is 1.00. The second kappa shape index (κ2) is 5.89. The van der Waals surface area contributed by atoms with Crippen LogP contribution in [0.25, 0.3) is 0 Å². The summed E-state index contributed by atoms with van der Waals surface area (Å²) in [6.45, 7) is 0.764. The van der Waals surface area contributed by atoms with Crippen LogP contribution >= 0.6 is 0 Å². The van der Waals surface area contributed by atoms with Crippen LogP contribution in [0.5, 0.6) is 0 Å². The standard InChI is InChI=1S/C3H7FO.Na/c1-3(5)2-4;/h3,5H,2H2,1H3;. The zero-order valence-corrected chi connectivity index (χ0v) is 6.11. The fraction of sp³-hybridized carbons (Fsp3) is 1.00. The normalized spacial score (nSPS) is 12.5. The number of hydrogen-bond donors (Lipinski definition) is 1. The number of hydrogen-bond acceptors (Lipinski definition) is 1. The molecule has 0 aliphatic rings. The van der Waals surface area contributed by atoms with Gasteiger partial charge in [0.1, 0.15) is 6.67 Å². The molecule has 0 aliphatic heterocycles. The minimum absolute atomic E-state index is 0. The van der Waals surface area contributed by atoms with Crippen molar-refractivity contribution in [2.45, 2.75) is 13.0 Å². The van der Waals surface area contributed by atoms with E-state index in [-0.39, 0.29) is 29.6 Å². The monoisotopic (exact) mass is 101 g/mol. The molecule has 0 aromatic rings. The average molecular weight is 101 g/mol. The molecule has 0 heterocycles. The van der Waals surface area contributed by atoms with Crippen molar-refractivity contribution >= 4 is 29.6 Å². The van der Waals surface area contributed by atoms with Crippen molar-refractivity contribution in [3.63, 3.8) is 0 Å². The third kappa shape index (κ3) is 8.86. The first-order valence-electron chi connectivity index (χ1n) is 1.51. The third-order valence-corrected chi connectivity index (χ3v) is 0.223. The number of aliphatic hydroxyl groups excluding tert-OH is 1. The Balaban J connectivity index is 0. The van der Waals surface area contributed by atoms with Gasteiger partial charge < -0.3 is 5.11 Å². The smallest absolute Gasteiger partial charge is 0.115 e. The van der Waals surface area contributed by atoms with E-state index >= 15 is 0 Å². The molecule has 0 amide bonds. The molecule has 0 saturated carbocycles. The Morgan fingerprint density at radius 3 is 2.00 bits per heavy atom. The molecule has 0 spiro atoms. The minimum atomic E-state index is -0.782. The van der Waals surface area contributed by atoms with Crippen molar-refractivity contribution in [1.82, 2.24) is 0 Å². The molecule has 1 N–H and O–H groups in total. The van der Waals surface area contributed by atoms with E-state index in [2.05, 4.69) is 0 Å². The van der Waals surface area contributed by atoms with Gasteiger partial charge in [0, 0.05) is 29.6 Å². The summed E-state index contributed by atoms with van der Waals surface area (Å²) in [5, 5.41) is 7.99. The van der Waals surface area contributed by atoms with Gasteiger partial charge in [-0.3, -0.25) is 0 Å². The van der Waals surface area contributed by atoms with Crippen LogP contribution in [0.1, 0.15) is 6.92 Å². The molecule has 1 unspecified atom stereocenters. The fourth-order valence-corrected chi connectivity index (χ4v) is 0. The largest absolute Gasteiger partial charge is 0.391 e. The number of halogens is 1. The molecule has 1 radical (unpaired) electrons. The van der Waals surface area contributed by atoms with Crippen LogP contribution in [0.3, 0.4) is 0 Å². The van der Waals surface area contributed by atoms with Crippen molar-refractivity contribution in [3.05, 3.63) is 0 Å².